The van der Waals surface area contributed by atoms with Crippen molar-refractivity contribution in [2.75, 3.05) is 13.9 Å². The first-order chi connectivity index (χ1) is 8.11. The number of methoxy groups -OCH3 is 1. The van der Waals surface area contributed by atoms with Crippen molar-refractivity contribution in [3.63, 3.8) is 0 Å². The van der Waals surface area contributed by atoms with Crippen molar-refractivity contribution in [1.82, 2.24) is 0 Å². The van der Waals surface area contributed by atoms with Gasteiger partial charge in [-0.3, -0.25) is 0 Å². The summed E-state index contributed by atoms with van der Waals surface area (Å²) in [5, 5.41) is 11.4. The number of nitrogens with zero attached hydrogens (tertiary/aromatic N) is 1. The maximum atomic E-state index is 8.68. The van der Waals surface area contributed by atoms with Gasteiger partial charge >= 0.3 is 0 Å². The van der Waals surface area contributed by atoms with Gasteiger partial charge in [0.1, 0.15) is 0 Å². The van der Waals surface area contributed by atoms with Crippen LogP contribution in [0.3, 0.4) is 0 Å². The Morgan fingerprint density at radius 1 is 1.29 bits per heavy atom. The van der Waals surface area contributed by atoms with E-state index in [1.165, 1.54) is 7.11 Å². The molecule has 0 saturated carbocycles. The highest BCUT2D eigenvalue weighted by molar-refractivity contribution is 6.71. The van der Waals surface area contributed by atoms with Gasteiger partial charge in [0.25, 0.3) is 0 Å². The summed E-state index contributed by atoms with van der Waals surface area (Å²) >= 11 is 17.8. The van der Waals surface area contributed by atoms with E-state index in [0.29, 0.717) is 5.75 Å². The van der Waals surface area contributed by atoms with E-state index in [1.54, 1.807) is 0 Å². The minimum absolute atomic E-state index is 0.000910. The minimum Gasteiger partial charge on any atom is -0.491 e. The zero-order chi connectivity index (χ0) is 12.6. The monoisotopic (exact) mass is 297 g/mol. The van der Waals surface area contributed by atoms with E-state index in [4.69, 9.17) is 54.2 Å². The van der Waals surface area contributed by atoms with Crippen LogP contribution in [0.25, 0.3) is 0 Å². The van der Waals surface area contributed by atoms with Crippen LogP contribution in [0, 0.1) is 0 Å². The van der Waals surface area contributed by atoms with Crippen LogP contribution in [0.15, 0.2) is 5.16 Å². The summed E-state index contributed by atoms with van der Waals surface area (Å²) in [7, 11) is 1.41. The zero-order valence-electron chi connectivity index (χ0n) is 8.46. The van der Waals surface area contributed by atoms with Crippen LogP contribution in [0.5, 0.6) is 17.2 Å². The lowest BCUT2D eigenvalue weighted by molar-refractivity contribution is 0.171. The largest absolute Gasteiger partial charge is 0.491 e. The normalized spacial score (nSPS) is 14.0. The van der Waals surface area contributed by atoms with Crippen molar-refractivity contribution >= 4 is 40.0 Å². The van der Waals surface area contributed by atoms with Crippen LogP contribution in [0.2, 0.25) is 10.0 Å². The smallest absolute Gasteiger partial charge is 0.231 e. The van der Waals surface area contributed by atoms with Gasteiger partial charge in [0.05, 0.1) is 22.7 Å². The molecule has 0 radical (unpaired) electrons. The minimum atomic E-state index is -0.267. The van der Waals surface area contributed by atoms with E-state index in [1.807, 2.05) is 0 Å². The molecule has 2 rings (SSSR count). The zero-order valence-corrected chi connectivity index (χ0v) is 10.7. The highest BCUT2D eigenvalue weighted by atomic mass is 35.5. The Morgan fingerprint density at radius 2 is 1.94 bits per heavy atom. The Labute approximate surface area is 111 Å². The predicted octanol–water partition coefficient (Wildman–Crippen LogP) is 3.11. The lowest BCUT2D eigenvalue weighted by Crippen LogP contribution is -1.98. The number of hydrogen-bond acceptors (Lipinski definition) is 5. The third-order valence-electron chi connectivity index (χ3n) is 2.15. The van der Waals surface area contributed by atoms with Gasteiger partial charge in [-0.1, -0.05) is 40.0 Å². The summed E-state index contributed by atoms with van der Waals surface area (Å²) in [5.41, 5.74) is 0.124. The molecule has 0 bridgehead atoms. The van der Waals surface area contributed by atoms with Crippen LogP contribution < -0.4 is 14.2 Å². The van der Waals surface area contributed by atoms with Gasteiger partial charge in [-0.05, 0) is 0 Å². The lowest BCUT2D eigenvalue weighted by Gasteiger charge is -2.12. The third kappa shape index (κ3) is 1.84. The molecule has 1 N–H and O–H groups in total. The van der Waals surface area contributed by atoms with E-state index >= 15 is 0 Å². The van der Waals surface area contributed by atoms with E-state index in [0.717, 1.165) is 0 Å². The molecule has 0 amide bonds. The number of fused-ring (bicyclic) bond motifs is 1. The van der Waals surface area contributed by atoms with E-state index < -0.39 is 0 Å². The molecule has 0 saturated heterocycles. The molecule has 1 aliphatic heterocycles. The second-order valence-corrected chi connectivity index (χ2v) is 4.11. The van der Waals surface area contributed by atoms with Crippen molar-refractivity contribution in [2.45, 2.75) is 0 Å². The van der Waals surface area contributed by atoms with Crippen molar-refractivity contribution < 1.29 is 19.4 Å². The third-order valence-corrected chi connectivity index (χ3v) is 3.14. The van der Waals surface area contributed by atoms with E-state index in [-0.39, 0.29) is 39.1 Å². The molecule has 0 aliphatic carbocycles. The quantitative estimate of drug-likeness (QED) is 0.518. The van der Waals surface area contributed by atoms with Gasteiger partial charge in [-0.2, -0.15) is 0 Å². The van der Waals surface area contributed by atoms with Crippen LogP contribution in [0.1, 0.15) is 5.56 Å². The Hall–Kier alpha value is -1.04. The average Bonchev–Trinajstić information content (AvgIpc) is 2.78. The van der Waals surface area contributed by atoms with Crippen LogP contribution >= 0.6 is 34.8 Å². The number of ether oxygens (including phenoxy) is 3. The van der Waals surface area contributed by atoms with Gasteiger partial charge in [0.2, 0.25) is 12.5 Å². The van der Waals surface area contributed by atoms with Crippen LogP contribution in [-0.2, 0) is 0 Å². The summed E-state index contributed by atoms with van der Waals surface area (Å²) in [6.45, 7) is -0.000910. The van der Waals surface area contributed by atoms with Crippen LogP contribution in [0.4, 0.5) is 0 Å². The Morgan fingerprint density at radius 3 is 2.53 bits per heavy atom. The molecule has 17 heavy (non-hydrogen) atoms. The maximum absolute atomic E-state index is 8.68. The number of halogens is 3. The molecule has 1 aromatic carbocycles. The Kier molecular flexibility index (Phi) is 3.42. The van der Waals surface area contributed by atoms with Gasteiger partial charge in [-0.15, -0.1) is 0 Å². The first-order valence-electron chi connectivity index (χ1n) is 4.34. The molecular formula is C9H6Cl3NO4. The molecule has 1 aliphatic rings. The second kappa shape index (κ2) is 4.68. The molecule has 0 unspecified atom stereocenters. The molecule has 0 aromatic heterocycles. The van der Waals surface area contributed by atoms with Crippen molar-refractivity contribution in [1.29, 1.82) is 0 Å². The fourth-order valence-corrected chi connectivity index (χ4v) is 2.45. The first-order valence-corrected chi connectivity index (χ1v) is 5.47. The topological polar surface area (TPSA) is 60.3 Å². The number of benzene rings is 1. The van der Waals surface area contributed by atoms with E-state index in [9.17, 15) is 0 Å². The van der Waals surface area contributed by atoms with Crippen molar-refractivity contribution in [3.05, 3.63) is 15.6 Å². The first kappa shape index (κ1) is 12.4. The highest BCUT2D eigenvalue weighted by Crippen LogP contribution is 2.52. The van der Waals surface area contributed by atoms with Crippen molar-refractivity contribution in [2.24, 2.45) is 5.16 Å². The molecule has 92 valence electrons. The summed E-state index contributed by atoms with van der Waals surface area (Å²) in [4.78, 5) is 0. The summed E-state index contributed by atoms with van der Waals surface area (Å²) in [5.74, 6) is 0.777. The number of hydrogen-bond donors (Lipinski definition) is 1. The van der Waals surface area contributed by atoms with Crippen molar-refractivity contribution in [3.8, 4) is 17.2 Å². The van der Waals surface area contributed by atoms with E-state index in [2.05, 4.69) is 5.16 Å². The number of rotatable bonds is 2. The fraction of sp³-hybridized carbons (Fsp3) is 0.222. The molecule has 0 atom stereocenters. The maximum Gasteiger partial charge on any atom is 0.231 e. The SMILES string of the molecule is COc1c(Cl)c(/C(Cl)=N/O)c(Cl)c2c1OCO2. The molecule has 1 aromatic rings. The standard InChI is InChI=1S/C9H6Cl3NO4/c1-15-6-4(10)3(9(12)13-14)5(11)7-8(6)17-2-16-7/h14H,2H2,1H3/b13-9-. The molecular weight excluding hydrogens is 292 g/mol. The molecule has 0 fully saturated rings. The summed E-state index contributed by atoms with van der Waals surface area (Å²) < 4.78 is 15.5. The predicted molar refractivity (Wildman–Crippen MR) is 63.3 cm³/mol. The van der Waals surface area contributed by atoms with Crippen LogP contribution in [-0.4, -0.2) is 24.3 Å². The lowest BCUT2D eigenvalue weighted by atomic mass is 10.2. The summed E-state index contributed by atoms with van der Waals surface area (Å²) in [6, 6.07) is 0. The highest BCUT2D eigenvalue weighted by Gasteiger charge is 2.30. The molecule has 8 heteroatoms. The summed E-state index contributed by atoms with van der Waals surface area (Å²) in [6.07, 6.45) is 0. The number of oxime groups is 1. The van der Waals surface area contributed by atoms with Gasteiger partial charge in [0.15, 0.2) is 16.7 Å². The van der Waals surface area contributed by atoms with Gasteiger partial charge in [0, 0.05) is 0 Å². The molecule has 1 heterocycles. The molecule has 0 spiro atoms. The average molecular weight is 299 g/mol. The fourth-order valence-electron chi connectivity index (χ4n) is 1.45. The van der Waals surface area contributed by atoms with Gasteiger partial charge in [-0.25, -0.2) is 0 Å². The Bertz CT molecular complexity index is 504. The van der Waals surface area contributed by atoms with Gasteiger partial charge < -0.3 is 19.4 Å². The molecule has 5 nitrogen and oxygen atoms in total. The second-order valence-electron chi connectivity index (χ2n) is 2.99. The Balaban J connectivity index is 2.77.